The minimum atomic E-state index is -0.630. The maximum absolute atomic E-state index is 13.3. The van der Waals surface area contributed by atoms with Crippen molar-refractivity contribution in [1.82, 2.24) is 20.9 Å². The number of nitrogens with one attached hydrogen (secondary N) is 3. The zero-order chi connectivity index (χ0) is 29.1. The Balaban J connectivity index is 1.19. The van der Waals surface area contributed by atoms with Crippen LogP contribution < -0.4 is 16.0 Å². The summed E-state index contributed by atoms with van der Waals surface area (Å²) in [6.45, 7) is 6.77. The number of piperidine rings is 1. The lowest BCUT2D eigenvalue weighted by molar-refractivity contribution is -0.136. The summed E-state index contributed by atoms with van der Waals surface area (Å²) in [4.78, 5) is 51.1. The molecule has 2 aromatic rings. The van der Waals surface area contributed by atoms with E-state index in [0.29, 0.717) is 24.6 Å². The largest absolute Gasteiger partial charge is 0.444 e. The van der Waals surface area contributed by atoms with Crippen LogP contribution in [0.15, 0.2) is 42.5 Å². The Kier molecular flexibility index (Phi) is 8.45. The Morgan fingerprint density at radius 2 is 1.61 bits per heavy atom. The summed E-state index contributed by atoms with van der Waals surface area (Å²) in [5.41, 5.74) is 4.35. The number of nitrogens with zero attached hydrogens (tertiary/aromatic N) is 1. The van der Waals surface area contributed by atoms with Gasteiger partial charge < -0.3 is 20.3 Å². The average Bonchev–Trinajstić information content (AvgIpc) is 3.25. The minimum Gasteiger partial charge on any atom is -0.444 e. The van der Waals surface area contributed by atoms with Crippen LogP contribution in [0, 0.1) is 0 Å². The van der Waals surface area contributed by atoms with E-state index in [4.69, 9.17) is 4.74 Å². The Morgan fingerprint density at radius 1 is 0.927 bits per heavy atom. The molecule has 0 spiro atoms. The standard InChI is InChI=1S/C32H40N4O5/c1-32(2,3)41-31(40)34-22-13-11-21(12-14-22)33-18-17-20-7-4-5-8-23(20)24-9-6-10-25-26(24)19-36(30(25)39)27-15-16-28(37)35-29(27)38/h4-10,21-22,27,33H,11-19H2,1-3H3,(H,34,40)(H,35,37,38). The molecule has 2 aliphatic heterocycles. The van der Waals surface area contributed by atoms with Gasteiger partial charge in [0, 0.05) is 30.6 Å². The number of fused-ring (bicyclic) bond motifs is 1. The van der Waals surface area contributed by atoms with Crippen molar-refractivity contribution in [3.8, 4) is 11.1 Å². The molecule has 4 amide bonds. The summed E-state index contributed by atoms with van der Waals surface area (Å²) >= 11 is 0. The zero-order valence-corrected chi connectivity index (χ0v) is 24.1. The number of alkyl carbamates (subject to hydrolysis) is 1. The first-order valence-electron chi connectivity index (χ1n) is 14.7. The highest BCUT2D eigenvalue weighted by molar-refractivity contribution is 6.06. The fraction of sp³-hybridized carbons (Fsp3) is 0.500. The molecule has 218 valence electrons. The maximum Gasteiger partial charge on any atom is 0.407 e. The molecule has 41 heavy (non-hydrogen) atoms. The number of amides is 4. The number of hydrogen-bond acceptors (Lipinski definition) is 6. The number of carbonyl (C=O) groups is 4. The molecular formula is C32H40N4O5. The van der Waals surface area contributed by atoms with Gasteiger partial charge in [0.05, 0.1) is 0 Å². The first-order chi connectivity index (χ1) is 19.6. The molecule has 2 aromatic carbocycles. The molecule has 3 N–H and O–H groups in total. The Bertz CT molecular complexity index is 1330. The van der Waals surface area contributed by atoms with E-state index in [1.54, 1.807) is 4.90 Å². The quantitative estimate of drug-likeness (QED) is 0.440. The van der Waals surface area contributed by atoms with E-state index in [0.717, 1.165) is 55.3 Å². The predicted octanol–water partition coefficient (Wildman–Crippen LogP) is 4.08. The molecule has 9 heteroatoms. The summed E-state index contributed by atoms with van der Waals surface area (Å²) in [7, 11) is 0. The molecule has 2 fully saturated rings. The van der Waals surface area contributed by atoms with Gasteiger partial charge in [-0.2, -0.15) is 0 Å². The summed E-state index contributed by atoms with van der Waals surface area (Å²) in [5, 5.41) is 9.08. The summed E-state index contributed by atoms with van der Waals surface area (Å²) in [5.74, 6) is -0.846. The van der Waals surface area contributed by atoms with Gasteiger partial charge in [-0.1, -0.05) is 36.4 Å². The molecule has 3 aliphatic rings. The molecule has 0 bridgehead atoms. The highest BCUT2D eigenvalue weighted by Crippen LogP contribution is 2.36. The minimum absolute atomic E-state index is 0.145. The van der Waals surface area contributed by atoms with Crippen LogP contribution in [0.4, 0.5) is 4.79 Å². The van der Waals surface area contributed by atoms with Crippen molar-refractivity contribution in [2.24, 2.45) is 0 Å². The molecule has 0 radical (unpaired) electrons. The van der Waals surface area contributed by atoms with Crippen LogP contribution in [0.3, 0.4) is 0 Å². The lowest BCUT2D eigenvalue weighted by Gasteiger charge is -2.30. The molecule has 1 unspecified atom stereocenters. The molecule has 5 rings (SSSR count). The van der Waals surface area contributed by atoms with E-state index in [9.17, 15) is 19.2 Å². The topological polar surface area (TPSA) is 117 Å². The third kappa shape index (κ3) is 6.78. The van der Waals surface area contributed by atoms with E-state index in [1.807, 2.05) is 51.1 Å². The zero-order valence-electron chi connectivity index (χ0n) is 24.1. The Morgan fingerprint density at radius 3 is 2.34 bits per heavy atom. The number of imide groups is 1. The molecular weight excluding hydrogens is 520 g/mol. The monoisotopic (exact) mass is 560 g/mol. The molecule has 2 heterocycles. The van der Waals surface area contributed by atoms with Gasteiger partial charge in [-0.15, -0.1) is 0 Å². The normalized spacial score (nSPS) is 22.8. The van der Waals surface area contributed by atoms with Gasteiger partial charge >= 0.3 is 6.09 Å². The molecule has 9 nitrogen and oxygen atoms in total. The second-order valence-electron chi connectivity index (χ2n) is 12.3. The maximum atomic E-state index is 13.3. The number of carbonyl (C=O) groups excluding carboxylic acids is 4. The number of benzene rings is 2. The predicted molar refractivity (Wildman–Crippen MR) is 155 cm³/mol. The van der Waals surface area contributed by atoms with Crippen molar-refractivity contribution in [1.29, 1.82) is 0 Å². The molecule has 1 aliphatic carbocycles. The fourth-order valence-corrected chi connectivity index (χ4v) is 6.17. The van der Waals surface area contributed by atoms with E-state index >= 15 is 0 Å². The van der Waals surface area contributed by atoms with Crippen molar-refractivity contribution < 1.29 is 23.9 Å². The van der Waals surface area contributed by atoms with Crippen LogP contribution in [-0.2, 0) is 27.3 Å². The Hall–Kier alpha value is -3.72. The van der Waals surface area contributed by atoms with Crippen LogP contribution in [0.1, 0.15) is 80.8 Å². The van der Waals surface area contributed by atoms with Crippen LogP contribution in [0.25, 0.3) is 11.1 Å². The SMILES string of the molecule is CC(C)(C)OC(=O)NC1CCC(NCCc2ccccc2-c2cccc3c2CN(C2CCC(=O)NC2=O)C3=O)CC1. The smallest absolute Gasteiger partial charge is 0.407 e. The van der Waals surface area contributed by atoms with Crippen LogP contribution >= 0.6 is 0 Å². The molecule has 1 saturated heterocycles. The van der Waals surface area contributed by atoms with Crippen molar-refractivity contribution in [2.45, 2.75) is 96.0 Å². The van der Waals surface area contributed by atoms with Crippen LogP contribution in [0.2, 0.25) is 0 Å². The molecule has 1 saturated carbocycles. The molecule has 0 aromatic heterocycles. The first-order valence-corrected chi connectivity index (χ1v) is 14.7. The van der Waals surface area contributed by atoms with Gasteiger partial charge in [-0.25, -0.2) is 4.79 Å². The van der Waals surface area contributed by atoms with Gasteiger partial charge in [0.2, 0.25) is 11.8 Å². The van der Waals surface area contributed by atoms with E-state index in [1.165, 1.54) is 5.56 Å². The highest BCUT2D eigenvalue weighted by atomic mass is 16.6. The summed E-state index contributed by atoms with van der Waals surface area (Å²) in [6.07, 6.45) is 4.89. The third-order valence-electron chi connectivity index (χ3n) is 8.17. The van der Waals surface area contributed by atoms with Crippen molar-refractivity contribution in [2.75, 3.05) is 6.54 Å². The van der Waals surface area contributed by atoms with Crippen molar-refractivity contribution >= 4 is 23.8 Å². The van der Waals surface area contributed by atoms with E-state index in [-0.39, 0.29) is 30.4 Å². The van der Waals surface area contributed by atoms with Crippen LogP contribution in [0.5, 0.6) is 0 Å². The number of hydrogen-bond donors (Lipinski definition) is 3. The van der Waals surface area contributed by atoms with Crippen molar-refractivity contribution in [3.63, 3.8) is 0 Å². The highest BCUT2D eigenvalue weighted by Gasteiger charge is 2.40. The third-order valence-corrected chi connectivity index (χ3v) is 8.17. The van der Waals surface area contributed by atoms with Gasteiger partial charge in [-0.3, -0.25) is 19.7 Å². The van der Waals surface area contributed by atoms with Gasteiger partial charge in [0.15, 0.2) is 0 Å². The Labute approximate surface area is 241 Å². The van der Waals surface area contributed by atoms with Gasteiger partial charge in [-0.05, 0) is 94.2 Å². The van der Waals surface area contributed by atoms with Crippen molar-refractivity contribution in [3.05, 3.63) is 59.2 Å². The summed E-state index contributed by atoms with van der Waals surface area (Å²) < 4.78 is 5.39. The lowest BCUT2D eigenvalue weighted by atomic mass is 9.90. The summed E-state index contributed by atoms with van der Waals surface area (Å²) in [6, 6.07) is 14.0. The first kappa shape index (κ1) is 28.8. The van der Waals surface area contributed by atoms with Gasteiger partial charge in [0.1, 0.15) is 11.6 Å². The fourth-order valence-electron chi connectivity index (χ4n) is 6.17. The molecule has 1 atom stereocenters. The van der Waals surface area contributed by atoms with Gasteiger partial charge in [0.25, 0.3) is 5.91 Å². The number of rotatable bonds is 7. The van der Waals surface area contributed by atoms with Crippen LogP contribution in [-0.4, -0.2) is 59.0 Å². The number of ether oxygens (including phenoxy) is 1. The average molecular weight is 561 g/mol. The van der Waals surface area contributed by atoms with E-state index < -0.39 is 17.6 Å². The second-order valence-corrected chi connectivity index (χ2v) is 12.3. The lowest BCUT2D eigenvalue weighted by Crippen LogP contribution is -2.52. The van der Waals surface area contributed by atoms with E-state index in [2.05, 4.69) is 28.1 Å². The second kappa shape index (κ2) is 12.0.